The summed E-state index contributed by atoms with van der Waals surface area (Å²) in [5.74, 6) is 0.463. The number of non-ortho nitro benzene ring substituents is 1. The van der Waals surface area contributed by atoms with Crippen LogP contribution in [-0.2, 0) is 4.79 Å². The molecular formula is C22H35N3O4S. The average Bonchev–Trinajstić information content (AvgIpc) is 2.72. The maximum absolute atomic E-state index is 12.8. The second kappa shape index (κ2) is 11.7. The van der Waals surface area contributed by atoms with Crippen molar-refractivity contribution in [2.24, 2.45) is 11.3 Å². The molecule has 0 unspecified atom stereocenters. The van der Waals surface area contributed by atoms with Crippen LogP contribution in [0.5, 0.6) is 0 Å². The van der Waals surface area contributed by atoms with E-state index >= 15 is 0 Å². The first-order valence-corrected chi connectivity index (χ1v) is 11.7. The summed E-state index contributed by atoms with van der Waals surface area (Å²) in [5, 5.41) is 24.4. The van der Waals surface area contributed by atoms with Crippen LogP contribution in [0.25, 0.3) is 0 Å². The van der Waals surface area contributed by atoms with Gasteiger partial charge in [-0.3, -0.25) is 14.9 Å². The summed E-state index contributed by atoms with van der Waals surface area (Å²) in [6.45, 7) is 7.67. The molecule has 1 saturated carbocycles. The summed E-state index contributed by atoms with van der Waals surface area (Å²) >= 11 is 1.47. The minimum atomic E-state index is -0.684. The normalized spacial score (nSPS) is 17.1. The number of hydrogen-bond acceptors (Lipinski definition) is 6. The van der Waals surface area contributed by atoms with Gasteiger partial charge in [0.1, 0.15) is 0 Å². The Kier molecular flexibility index (Phi) is 9.58. The van der Waals surface area contributed by atoms with Gasteiger partial charge in [-0.2, -0.15) is 0 Å². The maximum Gasteiger partial charge on any atom is 0.269 e. The minimum absolute atomic E-state index is 0.0603. The van der Waals surface area contributed by atoms with E-state index in [1.807, 2.05) is 0 Å². The van der Waals surface area contributed by atoms with Gasteiger partial charge in [0.15, 0.2) is 0 Å². The van der Waals surface area contributed by atoms with E-state index in [2.05, 4.69) is 30.4 Å². The highest BCUT2D eigenvalue weighted by Crippen LogP contribution is 2.39. The van der Waals surface area contributed by atoms with Crippen LogP contribution >= 0.6 is 11.9 Å². The predicted octanol–water partition coefficient (Wildman–Crippen LogP) is 4.40. The van der Waals surface area contributed by atoms with Crippen LogP contribution in [0.2, 0.25) is 0 Å². The Hall–Kier alpha value is -1.64. The number of aliphatic hydroxyl groups excluding tert-OH is 1. The molecule has 1 aromatic carbocycles. The molecule has 30 heavy (non-hydrogen) atoms. The van der Waals surface area contributed by atoms with Crippen LogP contribution in [0.15, 0.2) is 29.2 Å². The largest absolute Gasteiger partial charge is 0.390 e. The molecule has 0 saturated heterocycles. The van der Waals surface area contributed by atoms with Crippen LogP contribution in [-0.4, -0.2) is 46.0 Å². The Balaban J connectivity index is 1.91. The van der Waals surface area contributed by atoms with E-state index in [1.54, 1.807) is 12.1 Å². The second-order valence-electron chi connectivity index (χ2n) is 8.64. The molecule has 1 amide bonds. The smallest absolute Gasteiger partial charge is 0.269 e. The first-order valence-electron chi connectivity index (χ1n) is 10.9. The fourth-order valence-electron chi connectivity index (χ4n) is 4.00. The van der Waals surface area contributed by atoms with Crippen LogP contribution < -0.4 is 5.32 Å². The number of nitrogens with zero attached hydrogens (tertiary/aromatic N) is 2. The van der Waals surface area contributed by atoms with Crippen molar-refractivity contribution in [1.82, 2.24) is 9.62 Å². The maximum atomic E-state index is 12.8. The molecule has 0 heterocycles. The number of carbonyl (C=O) groups is 1. The van der Waals surface area contributed by atoms with Gasteiger partial charge < -0.3 is 10.4 Å². The minimum Gasteiger partial charge on any atom is -0.390 e. The van der Waals surface area contributed by atoms with Crippen LogP contribution in [0.1, 0.15) is 59.3 Å². The van der Waals surface area contributed by atoms with E-state index < -0.39 is 11.0 Å². The predicted molar refractivity (Wildman–Crippen MR) is 120 cm³/mol. The molecular weight excluding hydrogens is 402 g/mol. The van der Waals surface area contributed by atoms with Gasteiger partial charge in [-0.1, -0.05) is 40.0 Å². The van der Waals surface area contributed by atoms with E-state index in [0.717, 1.165) is 43.5 Å². The zero-order chi connectivity index (χ0) is 22.1. The Morgan fingerprint density at radius 1 is 1.23 bits per heavy atom. The first kappa shape index (κ1) is 24.6. The lowest BCUT2D eigenvalue weighted by Gasteiger charge is -2.35. The summed E-state index contributed by atoms with van der Waals surface area (Å²) in [4.78, 5) is 24.1. The number of nitro groups is 1. The van der Waals surface area contributed by atoms with Gasteiger partial charge >= 0.3 is 0 Å². The molecule has 0 aromatic heterocycles. The van der Waals surface area contributed by atoms with Crippen molar-refractivity contribution in [1.29, 1.82) is 0 Å². The van der Waals surface area contributed by atoms with Gasteiger partial charge in [-0.05, 0) is 49.3 Å². The second-order valence-corrected chi connectivity index (χ2v) is 9.81. The van der Waals surface area contributed by atoms with E-state index in [-0.39, 0.29) is 23.6 Å². The SMILES string of the molecule is CCC1(C(=O)NC[C@H](O)CN(CC(C)C)Sc2ccc([N+](=O)[O-])cc2)CCCCC1. The van der Waals surface area contributed by atoms with Crippen molar-refractivity contribution in [2.45, 2.75) is 70.3 Å². The lowest BCUT2D eigenvalue weighted by molar-refractivity contribution is -0.384. The van der Waals surface area contributed by atoms with Gasteiger partial charge in [0, 0.05) is 42.1 Å². The zero-order valence-corrected chi connectivity index (χ0v) is 19.1. The van der Waals surface area contributed by atoms with Crippen molar-refractivity contribution >= 4 is 23.5 Å². The third-order valence-corrected chi connectivity index (χ3v) is 6.77. The first-order chi connectivity index (χ1) is 14.3. The fraction of sp³-hybridized carbons (Fsp3) is 0.682. The molecule has 0 spiro atoms. The Bertz CT molecular complexity index is 690. The lowest BCUT2D eigenvalue weighted by Crippen LogP contribution is -2.46. The Labute approximate surface area is 183 Å². The summed E-state index contributed by atoms with van der Waals surface area (Å²) in [7, 11) is 0. The summed E-state index contributed by atoms with van der Waals surface area (Å²) < 4.78 is 2.05. The highest BCUT2D eigenvalue weighted by atomic mass is 32.2. The number of benzene rings is 1. The highest BCUT2D eigenvalue weighted by molar-refractivity contribution is 7.97. The Morgan fingerprint density at radius 3 is 2.40 bits per heavy atom. The molecule has 1 fully saturated rings. The third kappa shape index (κ3) is 7.25. The topological polar surface area (TPSA) is 95.7 Å². The fourth-order valence-corrected chi connectivity index (χ4v) is 5.18. The molecule has 7 nitrogen and oxygen atoms in total. The molecule has 1 aromatic rings. The lowest BCUT2D eigenvalue weighted by atomic mass is 9.71. The number of amides is 1. The van der Waals surface area contributed by atoms with Crippen molar-refractivity contribution in [2.75, 3.05) is 19.6 Å². The van der Waals surface area contributed by atoms with Gasteiger partial charge in [0.05, 0.1) is 11.0 Å². The van der Waals surface area contributed by atoms with Crippen LogP contribution in [0, 0.1) is 21.4 Å². The molecule has 1 aliphatic carbocycles. The average molecular weight is 438 g/mol. The van der Waals surface area contributed by atoms with Crippen LogP contribution in [0.4, 0.5) is 5.69 Å². The van der Waals surface area contributed by atoms with Crippen molar-refractivity contribution in [3.63, 3.8) is 0 Å². The zero-order valence-electron chi connectivity index (χ0n) is 18.3. The van der Waals surface area contributed by atoms with E-state index in [1.165, 1.54) is 30.5 Å². The molecule has 1 aliphatic rings. The van der Waals surface area contributed by atoms with Gasteiger partial charge in [-0.25, -0.2) is 4.31 Å². The van der Waals surface area contributed by atoms with Gasteiger partial charge in [0.25, 0.3) is 5.69 Å². The highest BCUT2D eigenvalue weighted by Gasteiger charge is 2.37. The molecule has 0 bridgehead atoms. The Morgan fingerprint density at radius 2 is 1.87 bits per heavy atom. The van der Waals surface area contributed by atoms with E-state index in [9.17, 15) is 20.0 Å². The number of carbonyl (C=O) groups excluding carboxylic acids is 1. The molecule has 0 radical (unpaired) electrons. The molecule has 2 N–H and O–H groups in total. The number of nitrogens with one attached hydrogen (secondary N) is 1. The number of hydrogen-bond donors (Lipinski definition) is 2. The van der Waals surface area contributed by atoms with Crippen LogP contribution in [0.3, 0.4) is 0 Å². The summed E-state index contributed by atoms with van der Waals surface area (Å²) in [5.41, 5.74) is -0.214. The number of nitro benzene ring substituents is 1. The number of rotatable bonds is 11. The van der Waals surface area contributed by atoms with E-state index in [4.69, 9.17) is 0 Å². The van der Waals surface area contributed by atoms with Crippen molar-refractivity contribution in [3.05, 3.63) is 34.4 Å². The monoisotopic (exact) mass is 437 g/mol. The van der Waals surface area contributed by atoms with Gasteiger partial charge in [-0.15, -0.1) is 0 Å². The van der Waals surface area contributed by atoms with Crippen molar-refractivity contribution in [3.8, 4) is 0 Å². The molecule has 2 rings (SSSR count). The van der Waals surface area contributed by atoms with Crippen molar-refractivity contribution < 1.29 is 14.8 Å². The molecule has 168 valence electrons. The van der Waals surface area contributed by atoms with E-state index in [0.29, 0.717) is 12.5 Å². The third-order valence-electron chi connectivity index (χ3n) is 5.73. The molecule has 0 aliphatic heterocycles. The summed E-state index contributed by atoms with van der Waals surface area (Å²) in [6, 6.07) is 6.42. The standard InChI is InChI=1S/C22H35N3O4S/c1-4-22(12-6-5-7-13-22)21(27)23-14-19(26)16-24(15-17(2)3)30-20-10-8-18(9-11-20)25(28)29/h8-11,17,19,26H,4-7,12-16H2,1-3H3,(H,23,27)/t19-/m0/s1. The summed E-state index contributed by atoms with van der Waals surface area (Å²) in [6.07, 6.45) is 5.40. The van der Waals surface area contributed by atoms with Gasteiger partial charge in [0.2, 0.25) is 5.91 Å². The molecule has 1 atom stereocenters. The number of aliphatic hydroxyl groups is 1. The molecule has 8 heteroatoms. The quantitative estimate of drug-likeness (QED) is 0.303.